The van der Waals surface area contributed by atoms with Gasteiger partial charge in [-0.25, -0.2) is 9.50 Å². The Morgan fingerprint density at radius 1 is 1.23 bits per heavy atom. The summed E-state index contributed by atoms with van der Waals surface area (Å²) in [5, 5.41) is 7.42. The molecule has 2 atom stereocenters. The zero-order valence-corrected chi connectivity index (χ0v) is 23.6. The van der Waals surface area contributed by atoms with E-state index >= 15 is 0 Å². The largest absolute Gasteiger partial charge is 0.413 e. The third-order valence-electron chi connectivity index (χ3n) is 7.40. The zero-order chi connectivity index (χ0) is 27.9. The summed E-state index contributed by atoms with van der Waals surface area (Å²) in [4.78, 5) is 34.0. The molecule has 0 aliphatic carbocycles. The predicted molar refractivity (Wildman–Crippen MR) is 147 cm³/mol. The van der Waals surface area contributed by atoms with Gasteiger partial charge < -0.3 is 20.0 Å². The van der Waals surface area contributed by atoms with E-state index in [1.807, 2.05) is 4.90 Å². The number of rotatable bonds is 6. The summed E-state index contributed by atoms with van der Waals surface area (Å²) in [6.07, 6.45) is -1.03. The molecule has 1 fully saturated rings. The Morgan fingerprint density at radius 2 is 1.95 bits per heavy atom. The highest BCUT2D eigenvalue weighted by Crippen LogP contribution is 2.40. The molecular weight excluding hydrogens is 570 g/mol. The first kappa shape index (κ1) is 29.9. The highest BCUT2D eigenvalue weighted by Gasteiger charge is 2.47. The molecule has 2 aliphatic heterocycles. The van der Waals surface area contributed by atoms with Gasteiger partial charge in [-0.3, -0.25) is 9.59 Å². The van der Waals surface area contributed by atoms with Crippen LogP contribution in [0.4, 0.5) is 24.5 Å². The fraction of sp³-hybridized carbons (Fsp3) is 0.462. The number of amides is 2. The average Bonchev–Trinajstić information content (AvgIpc) is 3.54. The molecule has 2 aliphatic rings. The van der Waals surface area contributed by atoms with E-state index in [-0.39, 0.29) is 37.0 Å². The van der Waals surface area contributed by atoms with E-state index in [1.165, 1.54) is 24.1 Å². The van der Waals surface area contributed by atoms with Crippen LogP contribution in [0, 0.1) is 5.92 Å². The molecule has 9 nitrogen and oxygen atoms in total. The topological polar surface area (TPSA) is 86.1 Å². The van der Waals surface area contributed by atoms with Crippen molar-refractivity contribution in [3.63, 3.8) is 0 Å². The van der Waals surface area contributed by atoms with Gasteiger partial charge in [0, 0.05) is 38.4 Å². The van der Waals surface area contributed by atoms with Crippen molar-refractivity contribution in [1.29, 1.82) is 0 Å². The van der Waals surface area contributed by atoms with Crippen molar-refractivity contribution in [2.75, 3.05) is 45.2 Å². The number of hydrogen-bond acceptors (Lipinski definition) is 6. The lowest BCUT2D eigenvalue weighted by Crippen LogP contribution is -2.43. The molecule has 5 rings (SSSR count). The molecule has 0 unspecified atom stereocenters. The Balaban J connectivity index is 0.00000370. The van der Waals surface area contributed by atoms with E-state index < -0.39 is 24.0 Å². The van der Waals surface area contributed by atoms with Crippen LogP contribution in [-0.2, 0) is 16.0 Å². The van der Waals surface area contributed by atoms with Gasteiger partial charge in [0.1, 0.15) is 0 Å². The third kappa shape index (κ3) is 5.70. The molecule has 3 aromatic rings. The number of fused-ring (bicyclic) bond motifs is 3. The molecular formula is C26H30Cl2F3N7O2. The normalized spacial score (nSPS) is 17.9. The van der Waals surface area contributed by atoms with Crippen LogP contribution >= 0.6 is 24.0 Å². The maximum absolute atomic E-state index is 14.3. The number of nitrogens with zero attached hydrogens (tertiary/aromatic N) is 6. The van der Waals surface area contributed by atoms with Gasteiger partial charge in [-0.05, 0) is 44.0 Å². The number of aryl methyl sites for hydroxylation is 1. The van der Waals surface area contributed by atoms with Gasteiger partial charge in [0.05, 0.1) is 30.0 Å². The molecule has 216 valence electrons. The molecule has 1 saturated heterocycles. The van der Waals surface area contributed by atoms with Crippen molar-refractivity contribution in [2.45, 2.75) is 31.5 Å². The number of halogens is 5. The van der Waals surface area contributed by atoms with Crippen LogP contribution in [-0.4, -0.2) is 82.7 Å². The number of carbonyl (C=O) groups excluding carboxylic acids is 2. The minimum absolute atomic E-state index is 0. The lowest BCUT2D eigenvalue weighted by molar-refractivity contribution is -0.190. The molecule has 2 amide bonds. The molecule has 14 heteroatoms. The summed E-state index contributed by atoms with van der Waals surface area (Å²) in [5.41, 5.74) is 3.06. The van der Waals surface area contributed by atoms with Crippen molar-refractivity contribution in [3.8, 4) is 0 Å². The lowest BCUT2D eigenvalue weighted by Gasteiger charge is -2.33. The van der Waals surface area contributed by atoms with Gasteiger partial charge in [-0.15, -0.1) is 12.4 Å². The Bertz CT molecular complexity index is 1380. The molecule has 2 aromatic heterocycles. The number of likely N-dealkylation sites (tertiary alicyclic amines) is 1. The number of likely N-dealkylation sites (N-methyl/N-ethyl adjacent to an activating group) is 1. The van der Waals surface area contributed by atoms with E-state index in [9.17, 15) is 22.8 Å². The van der Waals surface area contributed by atoms with Crippen molar-refractivity contribution < 1.29 is 22.8 Å². The summed E-state index contributed by atoms with van der Waals surface area (Å²) < 4.78 is 44.6. The Labute approximate surface area is 240 Å². The van der Waals surface area contributed by atoms with Gasteiger partial charge >= 0.3 is 6.18 Å². The highest BCUT2D eigenvalue weighted by molar-refractivity contribution is 6.29. The number of nitrogens with one attached hydrogen (secondary N) is 1. The fourth-order valence-corrected chi connectivity index (χ4v) is 5.71. The van der Waals surface area contributed by atoms with Crippen LogP contribution in [0.25, 0.3) is 5.65 Å². The molecule has 0 spiro atoms. The number of hydrogen-bond donors (Lipinski definition) is 1. The third-order valence-corrected chi connectivity index (χ3v) is 7.59. The van der Waals surface area contributed by atoms with E-state index in [2.05, 4.69) is 15.4 Å². The molecule has 0 radical (unpaired) electrons. The summed E-state index contributed by atoms with van der Waals surface area (Å²) in [6.45, 7) is 1.25. The predicted octanol–water partition coefficient (Wildman–Crippen LogP) is 4.02. The van der Waals surface area contributed by atoms with Crippen LogP contribution in [0.1, 0.15) is 30.1 Å². The minimum atomic E-state index is -4.68. The molecule has 4 heterocycles. The number of benzene rings is 1. The first-order valence-electron chi connectivity index (χ1n) is 12.7. The van der Waals surface area contributed by atoms with E-state index in [0.717, 1.165) is 29.1 Å². The summed E-state index contributed by atoms with van der Waals surface area (Å²) in [6, 6.07) is 5.67. The second-order valence-corrected chi connectivity index (χ2v) is 10.3. The van der Waals surface area contributed by atoms with Crippen LogP contribution in [0.3, 0.4) is 0 Å². The van der Waals surface area contributed by atoms with E-state index in [1.54, 1.807) is 36.0 Å². The first-order chi connectivity index (χ1) is 18.6. The van der Waals surface area contributed by atoms with Crippen molar-refractivity contribution in [2.24, 2.45) is 5.92 Å². The zero-order valence-electron chi connectivity index (χ0n) is 22.0. The number of carbonyl (C=O) groups is 2. The number of aromatic nitrogens is 3. The van der Waals surface area contributed by atoms with Gasteiger partial charge in [0.15, 0.2) is 16.8 Å². The van der Waals surface area contributed by atoms with Crippen molar-refractivity contribution >= 4 is 52.8 Å². The average molecular weight is 600 g/mol. The van der Waals surface area contributed by atoms with Gasteiger partial charge in [0.25, 0.3) is 0 Å². The monoisotopic (exact) mass is 599 g/mol. The van der Waals surface area contributed by atoms with Crippen molar-refractivity contribution in [1.82, 2.24) is 29.7 Å². The molecule has 0 saturated carbocycles. The standard InChI is InChI=1S/C26H29ClF3N7O2.ClH/c1-31-14-23(38)35-11-9-17(15-35)25(39)34(2)24(26(28,29)30)16-5-7-18(8-6-16)36-10-3-4-19-20(36)13-32-22-12-21(27)33-37(19)22;/h5-8,12-13,17,24,31H,3-4,9-11,14-15H2,1-2H3;1H/t17-,24+;/m1./s1. The summed E-state index contributed by atoms with van der Waals surface area (Å²) in [7, 11) is 2.82. The highest BCUT2D eigenvalue weighted by atomic mass is 35.5. The minimum Gasteiger partial charge on any atom is -0.341 e. The SMILES string of the molecule is CNCC(=O)N1CC[C@@H](C(=O)N(C)[C@@H](c2ccc(N3CCCc4c3cnc3cc(Cl)nn43)cc2)C(F)(F)F)C1.Cl. The van der Waals surface area contributed by atoms with Crippen LogP contribution in [0.2, 0.25) is 5.15 Å². The second-order valence-electron chi connectivity index (χ2n) is 9.92. The van der Waals surface area contributed by atoms with E-state index in [4.69, 9.17) is 11.6 Å². The number of alkyl halides is 3. The maximum atomic E-state index is 14.3. The lowest BCUT2D eigenvalue weighted by atomic mass is 10.0. The molecule has 0 bridgehead atoms. The Kier molecular flexibility index (Phi) is 8.81. The van der Waals surface area contributed by atoms with Crippen LogP contribution < -0.4 is 10.2 Å². The summed E-state index contributed by atoms with van der Waals surface area (Å²) >= 11 is 6.06. The van der Waals surface area contributed by atoms with Crippen LogP contribution in [0.15, 0.2) is 36.5 Å². The quantitative estimate of drug-likeness (QED) is 0.461. The molecule has 1 N–H and O–H groups in total. The maximum Gasteiger partial charge on any atom is 0.413 e. The molecule has 1 aromatic carbocycles. The first-order valence-corrected chi connectivity index (χ1v) is 13.1. The molecule has 40 heavy (non-hydrogen) atoms. The van der Waals surface area contributed by atoms with Gasteiger partial charge in [-0.2, -0.15) is 18.3 Å². The van der Waals surface area contributed by atoms with Gasteiger partial charge in [-0.1, -0.05) is 23.7 Å². The fourth-order valence-electron chi connectivity index (χ4n) is 5.53. The number of anilines is 2. The Hall–Kier alpha value is -3.09. The van der Waals surface area contributed by atoms with Crippen LogP contribution in [0.5, 0.6) is 0 Å². The second kappa shape index (κ2) is 11.8. The van der Waals surface area contributed by atoms with E-state index in [0.29, 0.717) is 36.0 Å². The van der Waals surface area contributed by atoms with Gasteiger partial charge in [0.2, 0.25) is 11.8 Å². The summed E-state index contributed by atoms with van der Waals surface area (Å²) in [5.74, 6) is -1.48. The Morgan fingerprint density at radius 3 is 2.62 bits per heavy atom. The van der Waals surface area contributed by atoms with Crippen molar-refractivity contribution in [3.05, 3.63) is 52.9 Å². The smallest absolute Gasteiger partial charge is 0.341 e.